The number of benzene rings is 2. The number of carbonyl (C=O) groups is 2. The zero-order valence-corrected chi connectivity index (χ0v) is 13.3. The lowest BCUT2D eigenvalue weighted by Crippen LogP contribution is -2.55. The second-order valence-corrected chi connectivity index (χ2v) is 7.02. The van der Waals surface area contributed by atoms with Crippen LogP contribution in [-0.2, 0) is 15.0 Å². The molecule has 4 heteroatoms. The summed E-state index contributed by atoms with van der Waals surface area (Å²) in [5.41, 5.74) is 3.30. The Bertz CT molecular complexity index is 856. The summed E-state index contributed by atoms with van der Waals surface area (Å²) >= 11 is 0. The van der Waals surface area contributed by atoms with Crippen molar-refractivity contribution in [3.63, 3.8) is 0 Å². The van der Waals surface area contributed by atoms with Gasteiger partial charge < -0.3 is 5.11 Å². The Morgan fingerprint density at radius 3 is 2.04 bits per heavy atom. The number of likely N-dealkylation sites (tertiary alicyclic amines) is 1. The van der Waals surface area contributed by atoms with Gasteiger partial charge in [0, 0.05) is 13.0 Å². The Morgan fingerprint density at radius 2 is 1.50 bits per heavy atom. The third-order valence-electron chi connectivity index (χ3n) is 6.26. The van der Waals surface area contributed by atoms with E-state index in [0.717, 1.165) is 22.3 Å². The van der Waals surface area contributed by atoms with E-state index in [1.165, 1.54) is 4.90 Å². The summed E-state index contributed by atoms with van der Waals surface area (Å²) in [7, 11) is 1.56. The molecule has 2 atom stereocenters. The highest BCUT2D eigenvalue weighted by Crippen LogP contribution is 2.63. The normalized spacial score (nSPS) is 32.6. The average Bonchev–Trinajstić information content (AvgIpc) is 2.87. The van der Waals surface area contributed by atoms with Gasteiger partial charge in [-0.2, -0.15) is 0 Å². The average molecular weight is 319 g/mol. The van der Waals surface area contributed by atoms with Crippen LogP contribution in [0.4, 0.5) is 0 Å². The molecule has 24 heavy (non-hydrogen) atoms. The molecular formula is C20H17NO3. The number of rotatable bonds is 1. The SMILES string of the molecule is CN1C(=O)[C@@H]2C3c4ccccc4C(CO)(c4ccccc43)[C@@H]2C1=O. The van der Waals surface area contributed by atoms with Gasteiger partial charge in [0.1, 0.15) is 0 Å². The molecule has 1 fully saturated rings. The summed E-state index contributed by atoms with van der Waals surface area (Å²) in [4.78, 5) is 27.0. The van der Waals surface area contributed by atoms with Gasteiger partial charge in [-0.05, 0) is 22.3 Å². The molecule has 2 aromatic carbocycles. The van der Waals surface area contributed by atoms with Crippen molar-refractivity contribution >= 4 is 11.8 Å². The maximum Gasteiger partial charge on any atom is 0.234 e. The van der Waals surface area contributed by atoms with Crippen molar-refractivity contribution in [1.29, 1.82) is 0 Å². The van der Waals surface area contributed by atoms with Crippen molar-refractivity contribution in [1.82, 2.24) is 4.90 Å². The first-order valence-corrected chi connectivity index (χ1v) is 8.24. The number of aliphatic hydroxyl groups excluding tert-OH is 1. The van der Waals surface area contributed by atoms with E-state index in [2.05, 4.69) is 0 Å². The number of imide groups is 1. The number of nitrogens with zero attached hydrogens (tertiary/aromatic N) is 1. The third-order valence-corrected chi connectivity index (χ3v) is 6.26. The minimum Gasteiger partial charge on any atom is -0.395 e. The van der Waals surface area contributed by atoms with Crippen LogP contribution in [0, 0.1) is 11.8 Å². The van der Waals surface area contributed by atoms with E-state index in [1.54, 1.807) is 7.05 Å². The Balaban J connectivity index is 1.94. The summed E-state index contributed by atoms with van der Waals surface area (Å²) in [5.74, 6) is -1.35. The zero-order valence-electron chi connectivity index (χ0n) is 13.3. The minimum atomic E-state index is -0.829. The highest BCUT2D eigenvalue weighted by Gasteiger charge is 2.67. The van der Waals surface area contributed by atoms with Crippen LogP contribution in [0.3, 0.4) is 0 Å². The molecule has 0 saturated carbocycles. The summed E-state index contributed by atoms with van der Waals surface area (Å²) in [6.07, 6.45) is 0. The van der Waals surface area contributed by atoms with Gasteiger partial charge in [-0.1, -0.05) is 48.5 Å². The van der Waals surface area contributed by atoms with E-state index in [0.29, 0.717) is 0 Å². The van der Waals surface area contributed by atoms with E-state index in [1.807, 2.05) is 48.5 Å². The Hall–Kier alpha value is -2.46. The van der Waals surface area contributed by atoms with Gasteiger partial charge >= 0.3 is 0 Å². The fourth-order valence-electron chi connectivity index (χ4n) is 5.34. The Morgan fingerprint density at radius 1 is 0.958 bits per heavy atom. The van der Waals surface area contributed by atoms with Gasteiger partial charge in [0.15, 0.2) is 0 Å². The monoisotopic (exact) mass is 319 g/mol. The summed E-state index contributed by atoms with van der Waals surface area (Å²) < 4.78 is 0. The number of aliphatic hydroxyl groups is 1. The van der Waals surface area contributed by atoms with Crippen LogP contribution < -0.4 is 0 Å². The molecule has 6 rings (SSSR count). The van der Waals surface area contributed by atoms with Gasteiger partial charge in [-0.25, -0.2) is 0 Å². The Labute approximate surface area is 139 Å². The van der Waals surface area contributed by atoms with Crippen molar-refractivity contribution < 1.29 is 14.7 Å². The lowest BCUT2D eigenvalue weighted by atomic mass is 9.47. The largest absolute Gasteiger partial charge is 0.395 e. The first kappa shape index (κ1) is 13.9. The molecule has 1 N–H and O–H groups in total. The van der Waals surface area contributed by atoms with Crippen LogP contribution in [0.15, 0.2) is 48.5 Å². The second-order valence-electron chi connectivity index (χ2n) is 7.02. The molecule has 0 radical (unpaired) electrons. The number of hydrogen-bond acceptors (Lipinski definition) is 3. The van der Waals surface area contributed by atoms with Crippen molar-refractivity contribution in [2.75, 3.05) is 13.7 Å². The van der Waals surface area contributed by atoms with Crippen molar-refractivity contribution in [3.05, 3.63) is 70.8 Å². The molecule has 2 amide bonds. The molecule has 4 nitrogen and oxygen atoms in total. The van der Waals surface area contributed by atoms with Gasteiger partial charge in [0.25, 0.3) is 0 Å². The van der Waals surface area contributed by atoms with E-state index >= 15 is 0 Å². The summed E-state index contributed by atoms with van der Waals surface area (Å²) in [6, 6.07) is 15.9. The minimum absolute atomic E-state index is 0.114. The number of amides is 2. The second kappa shape index (κ2) is 4.33. The van der Waals surface area contributed by atoms with E-state index < -0.39 is 17.3 Å². The van der Waals surface area contributed by atoms with E-state index in [4.69, 9.17) is 0 Å². The fourth-order valence-corrected chi connectivity index (χ4v) is 5.34. The first-order chi connectivity index (χ1) is 11.6. The van der Waals surface area contributed by atoms with E-state index in [-0.39, 0.29) is 24.3 Å². The predicted molar refractivity (Wildman–Crippen MR) is 87.3 cm³/mol. The molecule has 1 aliphatic heterocycles. The molecule has 0 aromatic heterocycles. The molecular weight excluding hydrogens is 302 g/mol. The topological polar surface area (TPSA) is 57.6 Å². The quantitative estimate of drug-likeness (QED) is 0.813. The van der Waals surface area contributed by atoms with Gasteiger partial charge in [0.05, 0.1) is 23.9 Å². The lowest BCUT2D eigenvalue weighted by Gasteiger charge is -2.53. The molecule has 3 aliphatic carbocycles. The number of hydrogen-bond donors (Lipinski definition) is 1. The van der Waals surface area contributed by atoms with Gasteiger partial charge in [0.2, 0.25) is 11.8 Å². The standard InChI is InChI=1S/C20H17NO3/c1-21-18(23)16-15-11-6-2-4-8-13(11)20(10-22,17(16)19(21)24)14-9-5-3-7-12(14)15/h2-9,15-17,22H,10H2,1H3/t15?,16-,17+,20?/m1/s1. The highest BCUT2D eigenvalue weighted by atomic mass is 16.3. The highest BCUT2D eigenvalue weighted by molar-refractivity contribution is 6.08. The van der Waals surface area contributed by atoms with Crippen LogP contribution in [-0.4, -0.2) is 35.5 Å². The lowest BCUT2D eigenvalue weighted by molar-refractivity contribution is -0.138. The molecule has 120 valence electrons. The molecule has 2 bridgehead atoms. The van der Waals surface area contributed by atoms with Crippen LogP contribution in [0.1, 0.15) is 28.2 Å². The Kier molecular flexibility index (Phi) is 2.52. The first-order valence-electron chi connectivity index (χ1n) is 8.24. The molecule has 1 saturated heterocycles. The predicted octanol–water partition coefficient (Wildman–Crippen LogP) is 1.65. The number of carbonyl (C=O) groups excluding carboxylic acids is 2. The third kappa shape index (κ3) is 1.28. The van der Waals surface area contributed by atoms with Crippen LogP contribution >= 0.6 is 0 Å². The summed E-state index contributed by atoms with van der Waals surface area (Å²) in [6.45, 7) is -0.179. The molecule has 0 spiro atoms. The summed E-state index contributed by atoms with van der Waals surface area (Å²) in [5, 5.41) is 10.5. The van der Waals surface area contributed by atoms with Crippen molar-refractivity contribution in [3.8, 4) is 0 Å². The maximum atomic E-state index is 12.9. The van der Waals surface area contributed by atoms with Crippen LogP contribution in [0.25, 0.3) is 0 Å². The van der Waals surface area contributed by atoms with E-state index in [9.17, 15) is 14.7 Å². The smallest absolute Gasteiger partial charge is 0.234 e. The van der Waals surface area contributed by atoms with Gasteiger partial charge in [-0.15, -0.1) is 0 Å². The van der Waals surface area contributed by atoms with Crippen molar-refractivity contribution in [2.24, 2.45) is 11.8 Å². The van der Waals surface area contributed by atoms with Gasteiger partial charge in [-0.3, -0.25) is 14.5 Å². The molecule has 4 aliphatic rings. The zero-order chi connectivity index (χ0) is 16.6. The maximum absolute atomic E-state index is 12.9. The molecule has 1 heterocycles. The molecule has 2 aromatic rings. The van der Waals surface area contributed by atoms with Crippen LogP contribution in [0.5, 0.6) is 0 Å². The van der Waals surface area contributed by atoms with Crippen LogP contribution in [0.2, 0.25) is 0 Å². The van der Waals surface area contributed by atoms with Crippen molar-refractivity contribution in [2.45, 2.75) is 11.3 Å². The molecule has 0 unspecified atom stereocenters. The fraction of sp³-hybridized carbons (Fsp3) is 0.300.